The summed E-state index contributed by atoms with van der Waals surface area (Å²) in [4.78, 5) is 15.6. The van der Waals surface area contributed by atoms with Crippen LogP contribution in [0.3, 0.4) is 0 Å². The number of nitrogens with zero attached hydrogens (tertiary/aromatic N) is 2. The van der Waals surface area contributed by atoms with E-state index in [1.54, 1.807) is 24.1 Å². The van der Waals surface area contributed by atoms with Gasteiger partial charge in [0, 0.05) is 26.0 Å². The molecule has 1 heterocycles. The number of hydrogen-bond donors (Lipinski definition) is 2. The second-order valence-corrected chi connectivity index (χ2v) is 3.53. The first-order chi connectivity index (χ1) is 7.65. The number of aromatic nitrogens is 2. The number of nitrogens with one attached hydrogen (secondary N) is 1. The maximum atomic E-state index is 11.5. The van der Waals surface area contributed by atoms with Gasteiger partial charge in [-0.25, -0.2) is 4.98 Å². The quantitative estimate of drug-likeness (QED) is 0.508. The molecular weight excluding hydrogens is 228 g/mol. The molecule has 1 aromatic rings. The van der Waals surface area contributed by atoms with Crippen molar-refractivity contribution in [2.75, 3.05) is 20.3 Å². The predicted octanol–water partition coefficient (Wildman–Crippen LogP) is -0.720. The summed E-state index contributed by atoms with van der Waals surface area (Å²) in [5, 5.41) is 2.69. The SMILES string of the molecule is COCCNC(=O)Cn1ccnc1C(N)=S. The molecule has 16 heavy (non-hydrogen) atoms. The fourth-order valence-electron chi connectivity index (χ4n) is 1.17. The average Bonchev–Trinajstić information content (AvgIpc) is 2.66. The normalized spacial score (nSPS) is 10.1. The molecule has 0 atom stereocenters. The van der Waals surface area contributed by atoms with Gasteiger partial charge in [0.2, 0.25) is 5.91 Å². The highest BCUT2D eigenvalue weighted by molar-refractivity contribution is 7.80. The summed E-state index contributed by atoms with van der Waals surface area (Å²) < 4.78 is 6.42. The van der Waals surface area contributed by atoms with Crippen LogP contribution < -0.4 is 11.1 Å². The first kappa shape index (κ1) is 12.6. The number of hydrogen-bond acceptors (Lipinski definition) is 4. The maximum Gasteiger partial charge on any atom is 0.240 e. The third-order valence-electron chi connectivity index (χ3n) is 1.88. The minimum atomic E-state index is -0.132. The van der Waals surface area contributed by atoms with Crippen LogP contribution in [-0.4, -0.2) is 40.7 Å². The number of nitrogens with two attached hydrogens (primary N) is 1. The van der Waals surface area contributed by atoms with Crippen LogP contribution in [-0.2, 0) is 16.1 Å². The largest absolute Gasteiger partial charge is 0.387 e. The molecule has 0 spiro atoms. The summed E-state index contributed by atoms with van der Waals surface area (Å²) >= 11 is 4.81. The summed E-state index contributed by atoms with van der Waals surface area (Å²) in [6, 6.07) is 0. The van der Waals surface area contributed by atoms with Crippen molar-refractivity contribution in [3.63, 3.8) is 0 Å². The number of thiocarbonyl (C=S) groups is 1. The summed E-state index contributed by atoms with van der Waals surface area (Å²) in [5.41, 5.74) is 5.45. The van der Waals surface area contributed by atoms with Crippen molar-refractivity contribution >= 4 is 23.1 Å². The van der Waals surface area contributed by atoms with E-state index in [9.17, 15) is 4.79 Å². The minimum Gasteiger partial charge on any atom is -0.387 e. The van der Waals surface area contributed by atoms with E-state index in [0.717, 1.165) is 0 Å². The van der Waals surface area contributed by atoms with Gasteiger partial charge in [-0.05, 0) is 0 Å². The van der Waals surface area contributed by atoms with Gasteiger partial charge < -0.3 is 20.4 Å². The van der Waals surface area contributed by atoms with Crippen molar-refractivity contribution in [2.24, 2.45) is 5.73 Å². The van der Waals surface area contributed by atoms with Gasteiger partial charge in [-0.1, -0.05) is 12.2 Å². The highest BCUT2D eigenvalue weighted by Gasteiger charge is 2.08. The second kappa shape index (κ2) is 6.19. The average molecular weight is 242 g/mol. The molecule has 3 N–H and O–H groups in total. The molecule has 0 saturated heterocycles. The fourth-order valence-corrected chi connectivity index (χ4v) is 1.34. The number of methoxy groups -OCH3 is 1. The molecule has 0 radical (unpaired) electrons. The summed E-state index contributed by atoms with van der Waals surface area (Å²) in [5.74, 6) is 0.310. The van der Waals surface area contributed by atoms with E-state index in [2.05, 4.69) is 10.3 Å². The monoisotopic (exact) mass is 242 g/mol. The molecule has 0 aliphatic rings. The lowest BCUT2D eigenvalue weighted by molar-refractivity contribution is -0.121. The molecular formula is C9H14N4O2S. The molecule has 0 bridgehead atoms. The smallest absolute Gasteiger partial charge is 0.240 e. The topological polar surface area (TPSA) is 82.2 Å². The summed E-state index contributed by atoms with van der Waals surface area (Å²) in [6.45, 7) is 1.11. The number of rotatable bonds is 6. The van der Waals surface area contributed by atoms with Crippen LogP contribution in [0.5, 0.6) is 0 Å². The van der Waals surface area contributed by atoms with Crippen molar-refractivity contribution < 1.29 is 9.53 Å². The van der Waals surface area contributed by atoms with Gasteiger partial charge in [0.15, 0.2) is 5.82 Å². The summed E-state index contributed by atoms with van der Waals surface area (Å²) in [7, 11) is 1.58. The van der Waals surface area contributed by atoms with Crippen LogP contribution in [0.2, 0.25) is 0 Å². The minimum absolute atomic E-state index is 0.132. The Labute approximate surface area is 98.8 Å². The maximum absolute atomic E-state index is 11.5. The Balaban J connectivity index is 2.49. The molecule has 0 unspecified atom stereocenters. The van der Waals surface area contributed by atoms with E-state index in [1.807, 2.05) is 0 Å². The molecule has 1 rings (SSSR count). The highest BCUT2D eigenvalue weighted by Crippen LogP contribution is 1.97. The van der Waals surface area contributed by atoms with Gasteiger partial charge >= 0.3 is 0 Å². The zero-order valence-corrected chi connectivity index (χ0v) is 9.79. The Morgan fingerprint density at radius 1 is 1.75 bits per heavy atom. The van der Waals surface area contributed by atoms with Gasteiger partial charge in [-0.15, -0.1) is 0 Å². The van der Waals surface area contributed by atoms with Crippen LogP contribution >= 0.6 is 12.2 Å². The van der Waals surface area contributed by atoms with Crippen LogP contribution in [0.1, 0.15) is 5.82 Å². The number of amides is 1. The molecule has 0 saturated carbocycles. The lowest BCUT2D eigenvalue weighted by Gasteiger charge is -2.07. The van der Waals surface area contributed by atoms with Crippen LogP contribution in [0.15, 0.2) is 12.4 Å². The molecule has 0 fully saturated rings. The van der Waals surface area contributed by atoms with E-state index in [1.165, 1.54) is 0 Å². The molecule has 7 heteroatoms. The van der Waals surface area contributed by atoms with Crippen LogP contribution in [0.25, 0.3) is 0 Å². The van der Waals surface area contributed by atoms with E-state index in [0.29, 0.717) is 19.0 Å². The van der Waals surface area contributed by atoms with Gasteiger partial charge in [0.25, 0.3) is 0 Å². The van der Waals surface area contributed by atoms with E-state index >= 15 is 0 Å². The first-order valence-corrected chi connectivity index (χ1v) is 5.12. The van der Waals surface area contributed by atoms with Gasteiger partial charge in [0.1, 0.15) is 11.5 Å². The van der Waals surface area contributed by atoms with Crippen molar-refractivity contribution in [2.45, 2.75) is 6.54 Å². The van der Waals surface area contributed by atoms with Crippen molar-refractivity contribution in [3.8, 4) is 0 Å². The number of imidazole rings is 1. The number of ether oxygens (including phenoxy) is 1. The van der Waals surface area contributed by atoms with Crippen molar-refractivity contribution in [3.05, 3.63) is 18.2 Å². The Kier molecular flexibility index (Phi) is 4.87. The second-order valence-electron chi connectivity index (χ2n) is 3.09. The lowest BCUT2D eigenvalue weighted by atomic mass is 10.5. The van der Waals surface area contributed by atoms with Crippen molar-refractivity contribution in [1.82, 2.24) is 14.9 Å². The zero-order valence-electron chi connectivity index (χ0n) is 8.97. The van der Waals surface area contributed by atoms with E-state index in [4.69, 9.17) is 22.7 Å². The third-order valence-corrected chi connectivity index (χ3v) is 2.06. The van der Waals surface area contributed by atoms with Crippen LogP contribution in [0, 0.1) is 0 Å². The number of carbonyl (C=O) groups is 1. The molecule has 0 aliphatic heterocycles. The van der Waals surface area contributed by atoms with E-state index < -0.39 is 0 Å². The predicted molar refractivity (Wildman–Crippen MR) is 63.0 cm³/mol. The Bertz CT molecular complexity index is 377. The molecule has 1 aromatic heterocycles. The summed E-state index contributed by atoms with van der Waals surface area (Å²) in [6.07, 6.45) is 3.21. The Hall–Kier alpha value is -1.47. The number of carbonyl (C=O) groups excluding carboxylic acids is 1. The Morgan fingerprint density at radius 2 is 2.50 bits per heavy atom. The van der Waals surface area contributed by atoms with Crippen LogP contribution in [0.4, 0.5) is 0 Å². The molecule has 6 nitrogen and oxygen atoms in total. The van der Waals surface area contributed by atoms with Gasteiger partial charge in [-0.3, -0.25) is 4.79 Å². The Morgan fingerprint density at radius 3 is 3.12 bits per heavy atom. The molecule has 0 aromatic carbocycles. The lowest BCUT2D eigenvalue weighted by Crippen LogP contribution is -2.31. The highest BCUT2D eigenvalue weighted by atomic mass is 32.1. The third kappa shape index (κ3) is 3.59. The fraction of sp³-hybridized carbons (Fsp3) is 0.444. The zero-order chi connectivity index (χ0) is 12.0. The van der Waals surface area contributed by atoms with Gasteiger partial charge in [-0.2, -0.15) is 0 Å². The molecule has 1 amide bonds. The van der Waals surface area contributed by atoms with Gasteiger partial charge in [0.05, 0.1) is 6.61 Å². The van der Waals surface area contributed by atoms with E-state index in [-0.39, 0.29) is 17.4 Å². The van der Waals surface area contributed by atoms with Crippen molar-refractivity contribution in [1.29, 1.82) is 0 Å². The first-order valence-electron chi connectivity index (χ1n) is 4.71. The molecule has 0 aliphatic carbocycles. The standard InChI is InChI=1S/C9H14N4O2S/c1-15-5-3-11-7(14)6-13-4-2-12-9(13)8(10)16/h2,4H,3,5-6H2,1H3,(H2,10,16)(H,11,14). The molecule has 88 valence electrons.